The largest absolute Gasteiger partial charge is 0.388 e. The van der Waals surface area contributed by atoms with Gasteiger partial charge in [-0.25, -0.2) is 9.97 Å². The molecule has 2 aromatic heterocycles. The first-order valence-electron chi connectivity index (χ1n) is 11.4. The van der Waals surface area contributed by atoms with Gasteiger partial charge in [-0.1, -0.05) is 12.1 Å². The maximum absolute atomic E-state index is 10.4. The van der Waals surface area contributed by atoms with E-state index in [9.17, 15) is 5.11 Å². The molecule has 6 rings (SSSR count). The topological polar surface area (TPSA) is 78.0 Å². The van der Waals surface area contributed by atoms with Crippen LogP contribution in [0.2, 0.25) is 0 Å². The maximum atomic E-state index is 10.4. The Morgan fingerprint density at radius 1 is 1.12 bits per heavy atom. The van der Waals surface area contributed by atoms with Crippen molar-refractivity contribution in [2.45, 2.75) is 31.9 Å². The second-order valence-corrected chi connectivity index (χ2v) is 9.21. The minimum Gasteiger partial charge on any atom is -0.388 e. The van der Waals surface area contributed by atoms with Crippen LogP contribution in [0.5, 0.6) is 0 Å². The summed E-state index contributed by atoms with van der Waals surface area (Å²) in [5, 5.41) is 13.9. The van der Waals surface area contributed by atoms with Crippen molar-refractivity contribution >= 4 is 29.1 Å². The van der Waals surface area contributed by atoms with E-state index in [1.807, 2.05) is 29.9 Å². The lowest BCUT2D eigenvalue weighted by Gasteiger charge is -2.38. The Morgan fingerprint density at radius 2 is 2.00 bits per heavy atom. The molecule has 33 heavy (non-hydrogen) atoms. The third kappa shape index (κ3) is 3.85. The molecule has 0 radical (unpaired) electrons. The van der Waals surface area contributed by atoms with Crippen LogP contribution in [0.4, 0.5) is 17.2 Å². The molecule has 0 amide bonds. The van der Waals surface area contributed by atoms with Crippen molar-refractivity contribution in [1.29, 1.82) is 0 Å². The number of β-amino-alcohol motifs (C(OH)–C–C–N with tert-alkyl or cyclic N) is 1. The number of aliphatic hydroxyl groups is 1. The van der Waals surface area contributed by atoms with Crippen LogP contribution in [-0.2, 0) is 6.54 Å². The zero-order valence-corrected chi connectivity index (χ0v) is 18.6. The fourth-order valence-corrected chi connectivity index (χ4v) is 4.76. The summed E-state index contributed by atoms with van der Waals surface area (Å²) in [4.78, 5) is 16.0. The molecule has 2 aromatic carbocycles. The van der Waals surface area contributed by atoms with E-state index in [0.717, 1.165) is 54.2 Å². The predicted octanol–water partition coefficient (Wildman–Crippen LogP) is 4.42. The van der Waals surface area contributed by atoms with E-state index >= 15 is 0 Å². The van der Waals surface area contributed by atoms with E-state index in [-0.39, 0.29) is 0 Å². The Bertz CT molecular complexity index is 1360. The Morgan fingerprint density at radius 3 is 2.85 bits per heavy atom. The summed E-state index contributed by atoms with van der Waals surface area (Å²) in [6.07, 6.45) is 9.50. The molecule has 7 heteroatoms. The zero-order valence-electron chi connectivity index (χ0n) is 18.6. The molecular formula is C26H26N6O. The smallest absolute Gasteiger partial charge is 0.180 e. The monoisotopic (exact) mass is 438 g/mol. The quantitative estimate of drug-likeness (QED) is 0.493. The van der Waals surface area contributed by atoms with E-state index in [0.29, 0.717) is 12.4 Å². The molecule has 4 heterocycles. The Labute approximate surface area is 192 Å². The predicted molar refractivity (Wildman–Crippen MR) is 132 cm³/mol. The van der Waals surface area contributed by atoms with Crippen molar-refractivity contribution in [3.63, 3.8) is 0 Å². The van der Waals surface area contributed by atoms with Crippen LogP contribution in [0.1, 0.15) is 30.9 Å². The van der Waals surface area contributed by atoms with Gasteiger partial charge in [0.05, 0.1) is 17.8 Å². The fraction of sp³-hybridized carbons (Fsp3) is 0.269. The standard InChI is InChI=1S/C26H26N6O/c1-26(33)9-2-11-32(17-26)22-7-5-21(6-8-22)29-24-25-28-10-12-31(25)16-23(30-24)18-3-4-19-14-27-15-20(19)13-18/h3-8,10,12-14,16,33H,2,9,11,15,17H2,1H3,(H,29,30). The van der Waals surface area contributed by atoms with Crippen LogP contribution < -0.4 is 10.2 Å². The summed E-state index contributed by atoms with van der Waals surface area (Å²) >= 11 is 0. The third-order valence-corrected chi connectivity index (χ3v) is 6.47. The van der Waals surface area contributed by atoms with E-state index in [1.165, 1.54) is 11.1 Å². The molecule has 4 aromatic rings. The average Bonchev–Trinajstić information content (AvgIpc) is 3.48. The number of fused-ring (bicyclic) bond motifs is 2. The minimum atomic E-state index is -0.629. The number of anilines is 3. The molecule has 2 aliphatic heterocycles. The van der Waals surface area contributed by atoms with Crippen LogP contribution in [0.15, 0.2) is 66.0 Å². The van der Waals surface area contributed by atoms with E-state index < -0.39 is 5.60 Å². The highest BCUT2D eigenvalue weighted by Gasteiger charge is 2.28. The van der Waals surface area contributed by atoms with Crippen molar-refractivity contribution < 1.29 is 5.11 Å². The van der Waals surface area contributed by atoms with Gasteiger partial charge in [0.2, 0.25) is 0 Å². The summed E-state index contributed by atoms with van der Waals surface area (Å²) in [7, 11) is 0. The van der Waals surface area contributed by atoms with E-state index in [1.54, 1.807) is 6.20 Å². The van der Waals surface area contributed by atoms with Gasteiger partial charge in [-0.2, -0.15) is 0 Å². The molecule has 0 spiro atoms. The minimum absolute atomic E-state index is 0.629. The van der Waals surface area contributed by atoms with Gasteiger partial charge in [0.1, 0.15) is 0 Å². The highest BCUT2D eigenvalue weighted by Crippen LogP contribution is 2.29. The Hall–Kier alpha value is -3.71. The number of benzene rings is 2. The van der Waals surface area contributed by atoms with Crippen molar-refractivity contribution in [2.75, 3.05) is 23.3 Å². The molecule has 2 N–H and O–H groups in total. The van der Waals surface area contributed by atoms with Gasteiger partial charge in [-0.05, 0) is 61.2 Å². The number of piperidine rings is 1. The lowest BCUT2D eigenvalue weighted by Crippen LogP contribution is -2.46. The lowest BCUT2D eigenvalue weighted by molar-refractivity contribution is 0.0449. The molecule has 0 bridgehead atoms. The Balaban J connectivity index is 1.29. The second kappa shape index (κ2) is 7.71. The number of hydrogen-bond acceptors (Lipinski definition) is 6. The number of aromatic nitrogens is 3. The van der Waals surface area contributed by atoms with Crippen LogP contribution in [-0.4, -0.2) is 44.4 Å². The van der Waals surface area contributed by atoms with Gasteiger partial charge >= 0.3 is 0 Å². The van der Waals surface area contributed by atoms with Gasteiger partial charge in [-0.3, -0.25) is 4.99 Å². The molecule has 7 nitrogen and oxygen atoms in total. The van der Waals surface area contributed by atoms with Gasteiger partial charge in [0, 0.05) is 54.8 Å². The van der Waals surface area contributed by atoms with Gasteiger partial charge in [0.15, 0.2) is 11.5 Å². The SMILES string of the molecule is CC1(O)CCCN(c2ccc(Nc3nc(-c4ccc5c(c4)CN=C5)cn4ccnc34)cc2)C1. The number of imidazole rings is 1. The van der Waals surface area contributed by atoms with Crippen molar-refractivity contribution in [2.24, 2.45) is 4.99 Å². The molecule has 0 aliphatic carbocycles. The highest BCUT2D eigenvalue weighted by molar-refractivity contribution is 5.86. The maximum Gasteiger partial charge on any atom is 0.180 e. The van der Waals surface area contributed by atoms with Crippen molar-refractivity contribution in [1.82, 2.24) is 14.4 Å². The number of hydrogen-bond donors (Lipinski definition) is 2. The molecule has 0 saturated carbocycles. The fourth-order valence-electron chi connectivity index (χ4n) is 4.76. The highest BCUT2D eigenvalue weighted by atomic mass is 16.3. The molecular weight excluding hydrogens is 412 g/mol. The van der Waals surface area contributed by atoms with Gasteiger partial charge in [0.25, 0.3) is 0 Å². The van der Waals surface area contributed by atoms with E-state index in [4.69, 9.17) is 4.98 Å². The summed E-state index contributed by atoms with van der Waals surface area (Å²) in [5.74, 6) is 0.711. The second-order valence-electron chi connectivity index (χ2n) is 9.21. The average molecular weight is 439 g/mol. The van der Waals surface area contributed by atoms with Crippen LogP contribution in [0, 0.1) is 0 Å². The number of aliphatic imine (C=N–C) groups is 1. The molecule has 1 unspecified atom stereocenters. The number of rotatable bonds is 4. The van der Waals surface area contributed by atoms with Crippen LogP contribution in [0.25, 0.3) is 16.9 Å². The Kier molecular flexibility index (Phi) is 4.66. The van der Waals surface area contributed by atoms with E-state index in [2.05, 4.69) is 62.7 Å². The lowest BCUT2D eigenvalue weighted by atomic mass is 9.95. The summed E-state index contributed by atoms with van der Waals surface area (Å²) in [5.41, 5.74) is 6.55. The first kappa shape index (κ1) is 19.9. The molecule has 1 fully saturated rings. The summed E-state index contributed by atoms with van der Waals surface area (Å²) in [6.45, 7) is 4.26. The van der Waals surface area contributed by atoms with Crippen LogP contribution >= 0.6 is 0 Å². The molecule has 1 saturated heterocycles. The molecule has 1 atom stereocenters. The normalized spacial score (nSPS) is 19.8. The molecule has 2 aliphatic rings. The zero-order chi connectivity index (χ0) is 22.4. The summed E-state index contributed by atoms with van der Waals surface area (Å²) < 4.78 is 2.00. The van der Waals surface area contributed by atoms with Crippen molar-refractivity contribution in [3.05, 3.63) is 72.2 Å². The first-order chi connectivity index (χ1) is 16.0. The van der Waals surface area contributed by atoms with Gasteiger partial charge in [-0.15, -0.1) is 0 Å². The summed E-state index contributed by atoms with van der Waals surface area (Å²) in [6, 6.07) is 14.7. The third-order valence-electron chi connectivity index (χ3n) is 6.47. The van der Waals surface area contributed by atoms with Gasteiger partial charge < -0.3 is 19.7 Å². The van der Waals surface area contributed by atoms with Crippen LogP contribution in [0.3, 0.4) is 0 Å². The van der Waals surface area contributed by atoms with Crippen molar-refractivity contribution in [3.8, 4) is 11.3 Å². The number of nitrogens with zero attached hydrogens (tertiary/aromatic N) is 5. The first-order valence-corrected chi connectivity index (χ1v) is 11.4. The number of nitrogens with one attached hydrogen (secondary N) is 1. The molecule has 166 valence electrons.